The predicted molar refractivity (Wildman–Crippen MR) is 77.0 cm³/mol. The van der Waals surface area contributed by atoms with Gasteiger partial charge in [0.2, 0.25) is 0 Å². The first-order valence-electron chi connectivity index (χ1n) is 6.29. The first-order valence-corrected chi connectivity index (χ1v) is 6.29. The Bertz CT molecular complexity index is 552. The van der Waals surface area contributed by atoms with Gasteiger partial charge in [-0.15, -0.1) is 0 Å². The van der Waals surface area contributed by atoms with Crippen molar-refractivity contribution in [3.8, 4) is 17.2 Å². The SMILES string of the molecule is CNCc1cc(C)ccc1Oc1cccc(OC)c1. The van der Waals surface area contributed by atoms with Gasteiger partial charge >= 0.3 is 0 Å². The molecule has 0 amide bonds. The van der Waals surface area contributed by atoms with E-state index >= 15 is 0 Å². The molecule has 0 bridgehead atoms. The van der Waals surface area contributed by atoms with Crippen LogP contribution >= 0.6 is 0 Å². The molecule has 0 saturated carbocycles. The molecule has 0 spiro atoms. The Balaban J connectivity index is 2.26. The molecule has 0 unspecified atom stereocenters. The monoisotopic (exact) mass is 257 g/mol. The summed E-state index contributed by atoms with van der Waals surface area (Å²) in [7, 11) is 3.58. The molecule has 0 heterocycles. The number of hydrogen-bond donors (Lipinski definition) is 1. The zero-order chi connectivity index (χ0) is 13.7. The molecule has 2 rings (SSSR count). The Kier molecular flexibility index (Phi) is 4.42. The van der Waals surface area contributed by atoms with Crippen LogP contribution in [0.2, 0.25) is 0 Å². The molecular weight excluding hydrogens is 238 g/mol. The second-order valence-electron chi connectivity index (χ2n) is 4.42. The van der Waals surface area contributed by atoms with Crippen molar-refractivity contribution in [3.05, 3.63) is 53.6 Å². The van der Waals surface area contributed by atoms with Crippen molar-refractivity contribution in [1.29, 1.82) is 0 Å². The van der Waals surface area contributed by atoms with Crippen LogP contribution in [0.3, 0.4) is 0 Å². The van der Waals surface area contributed by atoms with E-state index < -0.39 is 0 Å². The van der Waals surface area contributed by atoms with Crippen LogP contribution in [0.1, 0.15) is 11.1 Å². The molecule has 0 saturated heterocycles. The van der Waals surface area contributed by atoms with Gasteiger partial charge in [0.25, 0.3) is 0 Å². The zero-order valence-electron chi connectivity index (χ0n) is 11.6. The van der Waals surface area contributed by atoms with Gasteiger partial charge in [-0.3, -0.25) is 0 Å². The van der Waals surface area contributed by atoms with Crippen LogP contribution in [0.25, 0.3) is 0 Å². The third kappa shape index (κ3) is 3.48. The smallest absolute Gasteiger partial charge is 0.131 e. The maximum absolute atomic E-state index is 5.94. The summed E-state index contributed by atoms with van der Waals surface area (Å²) in [5, 5.41) is 3.16. The van der Waals surface area contributed by atoms with Crippen molar-refractivity contribution in [2.45, 2.75) is 13.5 Å². The van der Waals surface area contributed by atoms with Crippen molar-refractivity contribution < 1.29 is 9.47 Å². The quantitative estimate of drug-likeness (QED) is 0.889. The van der Waals surface area contributed by atoms with E-state index in [0.717, 1.165) is 29.4 Å². The molecule has 0 aliphatic rings. The summed E-state index contributed by atoms with van der Waals surface area (Å²) in [5.41, 5.74) is 2.37. The van der Waals surface area contributed by atoms with Crippen LogP contribution < -0.4 is 14.8 Å². The summed E-state index contributed by atoms with van der Waals surface area (Å²) in [6.45, 7) is 2.86. The fourth-order valence-electron chi connectivity index (χ4n) is 1.93. The van der Waals surface area contributed by atoms with E-state index in [1.807, 2.05) is 37.4 Å². The van der Waals surface area contributed by atoms with Crippen LogP contribution in [-0.4, -0.2) is 14.2 Å². The summed E-state index contributed by atoms with van der Waals surface area (Å²) in [6.07, 6.45) is 0. The van der Waals surface area contributed by atoms with Crippen molar-refractivity contribution in [2.75, 3.05) is 14.2 Å². The van der Waals surface area contributed by atoms with E-state index in [2.05, 4.69) is 24.4 Å². The van der Waals surface area contributed by atoms with Gasteiger partial charge in [0.05, 0.1) is 7.11 Å². The average Bonchev–Trinajstić information content (AvgIpc) is 2.42. The fraction of sp³-hybridized carbons (Fsp3) is 0.250. The van der Waals surface area contributed by atoms with Crippen molar-refractivity contribution >= 4 is 0 Å². The molecule has 100 valence electrons. The van der Waals surface area contributed by atoms with E-state index in [1.54, 1.807) is 7.11 Å². The zero-order valence-corrected chi connectivity index (χ0v) is 11.6. The highest BCUT2D eigenvalue weighted by atomic mass is 16.5. The average molecular weight is 257 g/mol. The molecule has 0 fully saturated rings. The summed E-state index contributed by atoms with van der Waals surface area (Å²) in [6, 6.07) is 13.8. The Labute approximate surface area is 114 Å². The minimum atomic E-state index is 0.778. The molecule has 19 heavy (non-hydrogen) atoms. The number of methoxy groups -OCH3 is 1. The van der Waals surface area contributed by atoms with Gasteiger partial charge in [-0.25, -0.2) is 0 Å². The standard InChI is InChI=1S/C16H19NO2/c1-12-7-8-16(13(9-12)11-17-2)19-15-6-4-5-14(10-15)18-3/h4-10,17H,11H2,1-3H3. The van der Waals surface area contributed by atoms with E-state index in [0.29, 0.717) is 0 Å². The van der Waals surface area contributed by atoms with Crippen LogP contribution in [0.5, 0.6) is 17.2 Å². The number of rotatable bonds is 5. The summed E-state index contributed by atoms with van der Waals surface area (Å²) in [5.74, 6) is 2.44. The van der Waals surface area contributed by atoms with E-state index in [4.69, 9.17) is 9.47 Å². The number of hydrogen-bond acceptors (Lipinski definition) is 3. The molecule has 0 aliphatic carbocycles. The van der Waals surface area contributed by atoms with Gasteiger partial charge in [-0.05, 0) is 32.2 Å². The molecule has 0 radical (unpaired) electrons. The van der Waals surface area contributed by atoms with Crippen molar-refractivity contribution in [2.24, 2.45) is 0 Å². The normalized spacial score (nSPS) is 10.3. The molecule has 1 N–H and O–H groups in total. The summed E-state index contributed by atoms with van der Waals surface area (Å²) in [4.78, 5) is 0. The Morgan fingerprint density at radius 1 is 1.05 bits per heavy atom. The lowest BCUT2D eigenvalue weighted by Gasteiger charge is -2.12. The van der Waals surface area contributed by atoms with Crippen LogP contribution in [0.4, 0.5) is 0 Å². The number of ether oxygens (including phenoxy) is 2. The lowest BCUT2D eigenvalue weighted by molar-refractivity contribution is 0.408. The molecule has 0 atom stereocenters. The van der Waals surface area contributed by atoms with Crippen molar-refractivity contribution in [1.82, 2.24) is 5.32 Å². The minimum absolute atomic E-state index is 0.778. The second-order valence-corrected chi connectivity index (χ2v) is 4.42. The van der Waals surface area contributed by atoms with Gasteiger partial charge < -0.3 is 14.8 Å². The summed E-state index contributed by atoms with van der Waals surface area (Å²) >= 11 is 0. The highest BCUT2D eigenvalue weighted by Gasteiger charge is 2.05. The van der Waals surface area contributed by atoms with E-state index in [9.17, 15) is 0 Å². The first-order chi connectivity index (χ1) is 9.22. The molecular formula is C16H19NO2. The number of benzene rings is 2. The van der Waals surface area contributed by atoms with Crippen LogP contribution in [-0.2, 0) is 6.54 Å². The third-order valence-electron chi connectivity index (χ3n) is 2.85. The topological polar surface area (TPSA) is 30.5 Å². The van der Waals surface area contributed by atoms with Crippen LogP contribution in [0.15, 0.2) is 42.5 Å². The molecule has 3 heteroatoms. The lowest BCUT2D eigenvalue weighted by Crippen LogP contribution is -2.06. The molecule has 2 aromatic carbocycles. The highest BCUT2D eigenvalue weighted by molar-refractivity contribution is 5.42. The maximum Gasteiger partial charge on any atom is 0.131 e. The van der Waals surface area contributed by atoms with E-state index in [1.165, 1.54) is 5.56 Å². The molecule has 2 aromatic rings. The Hall–Kier alpha value is -2.00. The van der Waals surface area contributed by atoms with Gasteiger partial charge in [0.15, 0.2) is 0 Å². The Morgan fingerprint density at radius 2 is 1.84 bits per heavy atom. The molecule has 3 nitrogen and oxygen atoms in total. The van der Waals surface area contributed by atoms with Gasteiger partial charge in [-0.2, -0.15) is 0 Å². The van der Waals surface area contributed by atoms with Gasteiger partial charge in [-0.1, -0.05) is 23.8 Å². The van der Waals surface area contributed by atoms with Crippen molar-refractivity contribution in [3.63, 3.8) is 0 Å². The molecule has 0 aliphatic heterocycles. The predicted octanol–water partition coefficient (Wildman–Crippen LogP) is 3.52. The Morgan fingerprint density at radius 3 is 2.58 bits per heavy atom. The highest BCUT2D eigenvalue weighted by Crippen LogP contribution is 2.28. The van der Waals surface area contributed by atoms with Gasteiger partial charge in [0.1, 0.15) is 17.2 Å². The largest absolute Gasteiger partial charge is 0.497 e. The van der Waals surface area contributed by atoms with Crippen LogP contribution in [0, 0.1) is 6.92 Å². The third-order valence-corrected chi connectivity index (χ3v) is 2.85. The number of aryl methyl sites for hydroxylation is 1. The number of nitrogens with one attached hydrogen (secondary N) is 1. The maximum atomic E-state index is 5.94. The fourth-order valence-corrected chi connectivity index (χ4v) is 1.93. The lowest BCUT2D eigenvalue weighted by atomic mass is 10.1. The first kappa shape index (κ1) is 13.4. The van der Waals surface area contributed by atoms with Gasteiger partial charge in [0, 0.05) is 18.2 Å². The summed E-state index contributed by atoms with van der Waals surface area (Å²) < 4.78 is 11.1. The minimum Gasteiger partial charge on any atom is -0.497 e. The second kappa shape index (κ2) is 6.25. The van der Waals surface area contributed by atoms with E-state index in [-0.39, 0.29) is 0 Å². The molecule has 0 aromatic heterocycles.